The third-order valence-electron chi connectivity index (χ3n) is 5.36. The molecule has 1 aliphatic heterocycles. The number of carbonyl (C=O) groups excluding carboxylic acids is 1. The number of hydrogen-bond donors (Lipinski definition) is 1. The average Bonchev–Trinajstić information content (AvgIpc) is 2.42. The predicted octanol–water partition coefficient (Wildman–Crippen LogP) is 2.79. The first-order valence-electron chi connectivity index (χ1n) is 8.14. The van der Waals surface area contributed by atoms with E-state index in [1.165, 1.54) is 25.7 Å². The summed E-state index contributed by atoms with van der Waals surface area (Å²) in [5.41, 5.74) is 5.67. The lowest BCUT2D eigenvalue weighted by Gasteiger charge is -2.41. The van der Waals surface area contributed by atoms with E-state index in [1.807, 2.05) is 0 Å². The minimum absolute atomic E-state index is 0.276. The van der Waals surface area contributed by atoms with Gasteiger partial charge >= 0.3 is 0 Å². The summed E-state index contributed by atoms with van der Waals surface area (Å²) in [5.74, 6) is 2.05. The number of nitrogens with zero attached hydrogens (tertiary/aromatic N) is 1. The van der Waals surface area contributed by atoms with Crippen molar-refractivity contribution >= 4 is 5.91 Å². The zero-order valence-electron chi connectivity index (χ0n) is 12.6. The summed E-state index contributed by atoms with van der Waals surface area (Å²) < 4.78 is 0. The van der Waals surface area contributed by atoms with Gasteiger partial charge in [-0.25, -0.2) is 0 Å². The Balaban J connectivity index is 1.94. The number of amides is 1. The molecule has 1 amide bonds. The Kier molecular flexibility index (Phi) is 5.26. The molecule has 1 saturated heterocycles. The van der Waals surface area contributed by atoms with Crippen molar-refractivity contribution < 1.29 is 4.79 Å². The van der Waals surface area contributed by atoms with Crippen molar-refractivity contribution in [1.82, 2.24) is 4.90 Å². The molecule has 3 nitrogen and oxygen atoms in total. The molecule has 1 saturated carbocycles. The minimum Gasteiger partial charge on any atom is -0.339 e. The zero-order chi connectivity index (χ0) is 13.8. The molecule has 2 N–H and O–H groups in total. The maximum atomic E-state index is 12.8. The second-order valence-electron chi connectivity index (χ2n) is 6.70. The molecule has 4 atom stereocenters. The van der Waals surface area contributed by atoms with Crippen LogP contribution in [0.25, 0.3) is 0 Å². The van der Waals surface area contributed by atoms with Crippen LogP contribution in [0.2, 0.25) is 0 Å². The highest BCUT2D eigenvalue weighted by Crippen LogP contribution is 2.34. The van der Waals surface area contributed by atoms with Crippen molar-refractivity contribution in [2.75, 3.05) is 13.1 Å². The van der Waals surface area contributed by atoms with Gasteiger partial charge in [-0.15, -0.1) is 0 Å². The summed E-state index contributed by atoms with van der Waals surface area (Å²) in [6.07, 6.45) is 8.19. The van der Waals surface area contributed by atoms with Crippen LogP contribution < -0.4 is 5.73 Å². The van der Waals surface area contributed by atoms with E-state index in [-0.39, 0.29) is 5.92 Å². The number of carbonyl (C=O) groups is 1. The molecule has 4 unspecified atom stereocenters. The molecule has 0 aromatic rings. The van der Waals surface area contributed by atoms with Crippen LogP contribution in [0.3, 0.4) is 0 Å². The highest BCUT2D eigenvalue weighted by molar-refractivity contribution is 5.79. The summed E-state index contributed by atoms with van der Waals surface area (Å²) in [4.78, 5) is 14.9. The average molecular weight is 266 g/mol. The molecule has 110 valence electrons. The molecule has 0 aromatic heterocycles. The fourth-order valence-corrected chi connectivity index (χ4v) is 3.89. The van der Waals surface area contributed by atoms with Gasteiger partial charge in [0.25, 0.3) is 0 Å². The van der Waals surface area contributed by atoms with Gasteiger partial charge in [-0.1, -0.05) is 19.8 Å². The van der Waals surface area contributed by atoms with Crippen LogP contribution in [0.5, 0.6) is 0 Å². The van der Waals surface area contributed by atoms with E-state index in [2.05, 4.69) is 18.7 Å². The topological polar surface area (TPSA) is 46.3 Å². The minimum atomic E-state index is 0.276. The van der Waals surface area contributed by atoms with Gasteiger partial charge in [0.1, 0.15) is 0 Å². The smallest absolute Gasteiger partial charge is 0.225 e. The third-order valence-corrected chi connectivity index (χ3v) is 5.36. The maximum absolute atomic E-state index is 12.8. The van der Waals surface area contributed by atoms with E-state index < -0.39 is 0 Å². The normalized spacial score (nSPS) is 36.3. The van der Waals surface area contributed by atoms with Crippen molar-refractivity contribution in [2.24, 2.45) is 23.5 Å². The first-order valence-corrected chi connectivity index (χ1v) is 8.14. The summed E-state index contributed by atoms with van der Waals surface area (Å²) in [5, 5.41) is 0. The Morgan fingerprint density at radius 3 is 2.74 bits per heavy atom. The largest absolute Gasteiger partial charge is 0.339 e. The SMILES string of the molecule is CC1CCCN(C(=O)C2CCCC(CCN)C2)C1C. The molecule has 1 heterocycles. The molecule has 2 aliphatic rings. The van der Waals surface area contributed by atoms with Gasteiger partial charge in [-0.3, -0.25) is 4.79 Å². The Hall–Kier alpha value is -0.570. The first-order chi connectivity index (χ1) is 9.13. The highest BCUT2D eigenvalue weighted by atomic mass is 16.2. The Morgan fingerprint density at radius 1 is 1.21 bits per heavy atom. The van der Waals surface area contributed by atoms with Gasteiger partial charge in [0.15, 0.2) is 0 Å². The second kappa shape index (κ2) is 6.74. The molecule has 19 heavy (non-hydrogen) atoms. The lowest BCUT2D eigenvalue weighted by Crippen LogP contribution is -2.49. The third kappa shape index (κ3) is 3.50. The van der Waals surface area contributed by atoms with Gasteiger partial charge in [0, 0.05) is 18.5 Å². The van der Waals surface area contributed by atoms with Crippen LogP contribution in [0.1, 0.15) is 58.8 Å². The molecule has 2 fully saturated rings. The summed E-state index contributed by atoms with van der Waals surface area (Å²) in [6.45, 7) is 6.25. The second-order valence-corrected chi connectivity index (χ2v) is 6.70. The molecule has 3 heteroatoms. The molecule has 0 aromatic carbocycles. The number of rotatable bonds is 3. The Labute approximate surface area is 117 Å². The van der Waals surface area contributed by atoms with E-state index >= 15 is 0 Å². The van der Waals surface area contributed by atoms with Crippen LogP contribution in [-0.4, -0.2) is 29.9 Å². The quantitative estimate of drug-likeness (QED) is 0.854. The summed E-state index contributed by atoms with van der Waals surface area (Å²) in [6, 6.07) is 0.427. The molecule has 0 radical (unpaired) electrons. The van der Waals surface area contributed by atoms with Crippen LogP contribution in [0.15, 0.2) is 0 Å². The molecule has 1 aliphatic carbocycles. The molecule has 0 spiro atoms. The van der Waals surface area contributed by atoms with Crippen LogP contribution in [-0.2, 0) is 4.79 Å². The van der Waals surface area contributed by atoms with Gasteiger partial charge < -0.3 is 10.6 Å². The highest BCUT2D eigenvalue weighted by Gasteiger charge is 2.34. The monoisotopic (exact) mass is 266 g/mol. The number of piperidine rings is 1. The van der Waals surface area contributed by atoms with Crippen molar-refractivity contribution in [3.8, 4) is 0 Å². The van der Waals surface area contributed by atoms with Gasteiger partial charge in [0.2, 0.25) is 5.91 Å². The summed E-state index contributed by atoms with van der Waals surface area (Å²) in [7, 11) is 0. The van der Waals surface area contributed by atoms with Crippen molar-refractivity contribution in [3.05, 3.63) is 0 Å². The van der Waals surface area contributed by atoms with Crippen LogP contribution in [0.4, 0.5) is 0 Å². The Morgan fingerprint density at radius 2 is 2.00 bits per heavy atom. The zero-order valence-corrected chi connectivity index (χ0v) is 12.6. The van der Waals surface area contributed by atoms with E-state index in [4.69, 9.17) is 5.73 Å². The number of hydrogen-bond acceptors (Lipinski definition) is 2. The standard InChI is InChI=1S/C16H30N2O/c1-12-5-4-10-18(13(12)2)16(19)15-7-3-6-14(11-15)8-9-17/h12-15H,3-11,17H2,1-2H3. The predicted molar refractivity (Wildman–Crippen MR) is 78.7 cm³/mol. The van der Waals surface area contributed by atoms with Crippen molar-refractivity contribution in [1.29, 1.82) is 0 Å². The van der Waals surface area contributed by atoms with E-state index in [0.717, 1.165) is 32.4 Å². The lowest BCUT2D eigenvalue weighted by molar-refractivity contribution is -0.141. The van der Waals surface area contributed by atoms with Gasteiger partial charge in [-0.05, 0) is 57.4 Å². The molecule has 0 bridgehead atoms. The lowest BCUT2D eigenvalue weighted by atomic mass is 9.78. The van der Waals surface area contributed by atoms with E-state index in [1.54, 1.807) is 0 Å². The van der Waals surface area contributed by atoms with E-state index in [0.29, 0.717) is 23.8 Å². The number of likely N-dealkylation sites (tertiary alicyclic amines) is 1. The van der Waals surface area contributed by atoms with Crippen molar-refractivity contribution in [2.45, 2.75) is 64.8 Å². The van der Waals surface area contributed by atoms with Crippen LogP contribution >= 0.6 is 0 Å². The van der Waals surface area contributed by atoms with E-state index in [9.17, 15) is 4.79 Å². The Bertz CT molecular complexity index is 303. The molecule has 2 rings (SSSR count). The van der Waals surface area contributed by atoms with Gasteiger partial charge in [-0.2, -0.15) is 0 Å². The van der Waals surface area contributed by atoms with Crippen molar-refractivity contribution in [3.63, 3.8) is 0 Å². The fourth-order valence-electron chi connectivity index (χ4n) is 3.89. The van der Waals surface area contributed by atoms with Gasteiger partial charge in [0.05, 0.1) is 0 Å². The molecular formula is C16H30N2O. The molecular weight excluding hydrogens is 236 g/mol. The first kappa shape index (κ1) is 14.8. The van der Waals surface area contributed by atoms with Crippen LogP contribution in [0, 0.1) is 17.8 Å². The number of nitrogens with two attached hydrogens (primary N) is 1. The fraction of sp³-hybridized carbons (Fsp3) is 0.938. The summed E-state index contributed by atoms with van der Waals surface area (Å²) >= 11 is 0. The maximum Gasteiger partial charge on any atom is 0.225 e.